The normalized spacial score (nSPS) is 17.7. The fraction of sp³-hybridized carbons (Fsp3) is 0.500. The molecule has 2 nitrogen and oxygen atoms in total. The van der Waals surface area contributed by atoms with Crippen LogP contribution < -0.4 is 5.32 Å². The molecule has 1 aromatic rings. The molecule has 0 aliphatic carbocycles. The Morgan fingerprint density at radius 3 is 2.80 bits per heavy atom. The first-order valence-electron chi connectivity index (χ1n) is 5.36. The predicted octanol–water partition coefficient (Wildman–Crippen LogP) is 3.19. The Morgan fingerprint density at radius 1 is 1.33 bits per heavy atom. The van der Waals surface area contributed by atoms with E-state index in [9.17, 15) is 0 Å². The van der Waals surface area contributed by atoms with Crippen molar-refractivity contribution >= 4 is 28.3 Å². The van der Waals surface area contributed by atoms with Crippen LogP contribution in [-0.2, 0) is 4.74 Å². The van der Waals surface area contributed by atoms with Gasteiger partial charge in [-0.05, 0) is 60.1 Å². The zero-order valence-corrected chi connectivity index (χ0v) is 11.1. The molecule has 0 atom stereocenters. The molecule has 0 radical (unpaired) electrons. The van der Waals surface area contributed by atoms with Crippen LogP contribution in [0.3, 0.4) is 0 Å². The molecule has 1 aliphatic rings. The first-order valence-corrected chi connectivity index (χ1v) is 6.44. The van der Waals surface area contributed by atoms with Gasteiger partial charge >= 0.3 is 0 Å². The Morgan fingerprint density at radius 2 is 2.07 bits per heavy atom. The van der Waals surface area contributed by atoms with E-state index in [0.717, 1.165) is 26.1 Å². The number of ether oxygens (including phenoxy) is 1. The maximum absolute atomic E-state index is 5.35. The van der Waals surface area contributed by atoms with Crippen molar-refractivity contribution in [1.82, 2.24) is 0 Å². The number of halogens is 1. The average molecular weight is 317 g/mol. The standard InChI is InChI=1S/C12H16INO/c1-9-2-3-10(13)8-12(9)14-11-4-6-15-7-5-11/h2-3,8,11,14H,4-7H2,1H3. The summed E-state index contributed by atoms with van der Waals surface area (Å²) in [5.74, 6) is 0. The van der Waals surface area contributed by atoms with E-state index in [1.807, 2.05) is 0 Å². The van der Waals surface area contributed by atoms with Crippen LogP contribution >= 0.6 is 22.6 Å². The van der Waals surface area contributed by atoms with Crippen molar-refractivity contribution < 1.29 is 4.74 Å². The molecule has 2 rings (SSSR count). The molecular formula is C12H16INO. The predicted molar refractivity (Wildman–Crippen MR) is 71.4 cm³/mol. The number of anilines is 1. The molecule has 1 aromatic carbocycles. The van der Waals surface area contributed by atoms with Crippen molar-refractivity contribution in [2.45, 2.75) is 25.8 Å². The highest BCUT2D eigenvalue weighted by Crippen LogP contribution is 2.21. The quantitative estimate of drug-likeness (QED) is 0.846. The van der Waals surface area contributed by atoms with Gasteiger partial charge in [0.1, 0.15) is 0 Å². The third-order valence-corrected chi connectivity index (χ3v) is 3.45. The van der Waals surface area contributed by atoms with Crippen LogP contribution in [0, 0.1) is 10.5 Å². The van der Waals surface area contributed by atoms with Crippen molar-refractivity contribution in [1.29, 1.82) is 0 Å². The number of nitrogens with one attached hydrogen (secondary N) is 1. The van der Waals surface area contributed by atoms with Crippen LogP contribution in [0.25, 0.3) is 0 Å². The van der Waals surface area contributed by atoms with Crippen molar-refractivity contribution in [3.8, 4) is 0 Å². The van der Waals surface area contributed by atoms with E-state index in [-0.39, 0.29) is 0 Å². The zero-order valence-electron chi connectivity index (χ0n) is 8.92. The van der Waals surface area contributed by atoms with Crippen LogP contribution in [0.2, 0.25) is 0 Å². The molecule has 1 aliphatic heterocycles. The van der Waals surface area contributed by atoms with Crippen molar-refractivity contribution in [2.24, 2.45) is 0 Å². The highest BCUT2D eigenvalue weighted by molar-refractivity contribution is 14.1. The Hall–Kier alpha value is -0.290. The van der Waals surface area contributed by atoms with Crippen LogP contribution in [0.15, 0.2) is 18.2 Å². The summed E-state index contributed by atoms with van der Waals surface area (Å²) in [6, 6.07) is 7.11. The smallest absolute Gasteiger partial charge is 0.0485 e. The van der Waals surface area contributed by atoms with Gasteiger partial charge in [-0.1, -0.05) is 6.07 Å². The van der Waals surface area contributed by atoms with E-state index >= 15 is 0 Å². The van der Waals surface area contributed by atoms with Gasteiger partial charge in [-0.3, -0.25) is 0 Å². The third-order valence-electron chi connectivity index (χ3n) is 2.78. The monoisotopic (exact) mass is 317 g/mol. The molecule has 1 saturated heterocycles. The second kappa shape index (κ2) is 5.16. The van der Waals surface area contributed by atoms with Crippen molar-refractivity contribution in [3.05, 3.63) is 27.3 Å². The van der Waals surface area contributed by atoms with Crippen LogP contribution in [0.5, 0.6) is 0 Å². The summed E-state index contributed by atoms with van der Waals surface area (Å²) in [4.78, 5) is 0. The molecule has 1 heterocycles. The van der Waals surface area contributed by atoms with Gasteiger partial charge in [0.25, 0.3) is 0 Å². The summed E-state index contributed by atoms with van der Waals surface area (Å²) in [6.45, 7) is 3.93. The molecule has 0 aromatic heterocycles. The average Bonchev–Trinajstić information content (AvgIpc) is 2.25. The lowest BCUT2D eigenvalue weighted by molar-refractivity contribution is 0.0904. The lowest BCUT2D eigenvalue weighted by Gasteiger charge is -2.25. The first-order chi connectivity index (χ1) is 7.25. The first kappa shape index (κ1) is 11.2. The van der Waals surface area contributed by atoms with Gasteiger partial charge in [0.2, 0.25) is 0 Å². The molecule has 0 spiro atoms. The van der Waals surface area contributed by atoms with Gasteiger partial charge in [0.15, 0.2) is 0 Å². The van der Waals surface area contributed by atoms with Gasteiger partial charge in [0, 0.05) is 28.5 Å². The Labute approximate surface area is 105 Å². The molecule has 15 heavy (non-hydrogen) atoms. The summed E-state index contributed by atoms with van der Waals surface area (Å²) in [6.07, 6.45) is 2.23. The van der Waals surface area contributed by atoms with Crippen LogP contribution in [0.4, 0.5) is 5.69 Å². The highest BCUT2D eigenvalue weighted by atomic mass is 127. The fourth-order valence-electron chi connectivity index (χ4n) is 1.81. The van der Waals surface area contributed by atoms with Crippen LogP contribution in [0.1, 0.15) is 18.4 Å². The summed E-state index contributed by atoms with van der Waals surface area (Å²) >= 11 is 2.35. The number of benzene rings is 1. The minimum absolute atomic E-state index is 0.579. The lowest BCUT2D eigenvalue weighted by Crippen LogP contribution is -2.28. The molecule has 0 saturated carbocycles. The topological polar surface area (TPSA) is 21.3 Å². The van der Waals surface area contributed by atoms with Crippen LogP contribution in [-0.4, -0.2) is 19.3 Å². The number of aryl methyl sites for hydroxylation is 1. The summed E-state index contributed by atoms with van der Waals surface area (Å²) in [5.41, 5.74) is 2.59. The second-order valence-corrected chi connectivity index (χ2v) is 5.24. The molecule has 0 amide bonds. The Kier molecular flexibility index (Phi) is 3.86. The highest BCUT2D eigenvalue weighted by Gasteiger charge is 2.13. The molecular weight excluding hydrogens is 301 g/mol. The molecule has 1 fully saturated rings. The summed E-state index contributed by atoms with van der Waals surface area (Å²) in [5, 5.41) is 3.61. The maximum atomic E-state index is 5.35. The SMILES string of the molecule is Cc1ccc(I)cc1NC1CCOCC1. The third kappa shape index (κ3) is 3.08. The molecule has 3 heteroatoms. The van der Waals surface area contributed by atoms with Crippen molar-refractivity contribution in [3.63, 3.8) is 0 Å². The van der Waals surface area contributed by atoms with E-state index in [2.05, 4.69) is 53.0 Å². The summed E-state index contributed by atoms with van der Waals surface area (Å²) in [7, 11) is 0. The zero-order chi connectivity index (χ0) is 10.7. The minimum Gasteiger partial charge on any atom is -0.382 e. The molecule has 0 bridgehead atoms. The van der Waals surface area contributed by atoms with Gasteiger partial charge in [-0.2, -0.15) is 0 Å². The molecule has 82 valence electrons. The van der Waals surface area contributed by atoms with E-state index in [1.165, 1.54) is 14.8 Å². The van der Waals surface area contributed by atoms with E-state index in [1.54, 1.807) is 0 Å². The maximum Gasteiger partial charge on any atom is 0.0485 e. The number of hydrogen-bond donors (Lipinski definition) is 1. The lowest BCUT2D eigenvalue weighted by atomic mass is 10.1. The van der Waals surface area contributed by atoms with Gasteiger partial charge in [-0.25, -0.2) is 0 Å². The van der Waals surface area contributed by atoms with Gasteiger partial charge < -0.3 is 10.1 Å². The fourth-order valence-corrected chi connectivity index (χ4v) is 2.30. The molecule has 1 N–H and O–H groups in total. The number of rotatable bonds is 2. The Balaban J connectivity index is 2.05. The summed E-state index contributed by atoms with van der Waals surface area (Å²) < 4.78 is 6.63. The van der Waals surface area contributed by atoms with Crippen molar-refractivity contribution in [2.75, 3.05) is 18.5 Å². The van der Waals surface area contributed by atoms with Gasteiger partial charge in [-0.15, -0.1) is 0 Å². The number of hydrogen-bond acceptors (Lipinski definition) is 2. The van der Waals surface area contributed by atoms with E-state index in [0.29, 0.717) is 6.04 Å². The Bertz CT molecular complexity index is 334. The van der Waals surface area contributed by atoms with Gasteiger partial charge in [0.05, 0.1) is 0 Å². The van der Waals surface area contributed by atoms with E-state index < -0.39 is 0 Å². The second-order valence-electron chi connectivity index (χ2n) is 3.99. The molecule has 0 unspecified atom stereocenters. The minimum atomic E-state index is 0.579. The largest absolute Gasteiger partial charge is 0.382 e. The van der Waals surface area contributed by atoms with E-state index in [4.69, 9.17) is 4.74 Å².